The fraction of sp³-hybridized carbons (Fsp3) is 0.562. The van der Waals surface area contributed by atoms with E-state index in [9.17, 15) is 4.79 Å². The molecule has 2 rings (SSSR count). The number of amides is 1. The van der Waals surface area contributed by atoms with E-state index in [2.05, 4.69) is 0 Å². The summed E-state index contributed by atoms with van der Waals surface area (Å²) in [6, 6.07) is 5.30. The second-order valence-electron chi connectivity index (χ2n) is 5.56. The lowest BCUT2D eigenvalue weighted by Crippen LogP contribution is -2.46. The van der Waals surface area contributed by atoms with Crippen LogP contribution in [-0.2, 0) is 4.79 Å². The van der Waals surface area contributed by atoms with E-state index < -0.39 is 0 Å². The first-order chi connectivity index (χ1) is 9.99. The van der Waals surface area contributed by atoms with Crippen molar-refractivity contribution in [3.05, 3.63) is 33.8 Å². The quantitative estimate of drug-likeness (QED) is 0.891. The zero-order chi connectivity index (χ0) is 15.6. The molecule has 0 spiro atoms. The number of hydrogen-bond donors (Lipinski definition) is 1. The van der Waals surface area contributed by atoms with Gasteiger partial charge in [0.05, 0.1) is 10.0 Å². The SMILES string of the molecule is CCN(CC)C(=O)C1CCC1C(N)c1ccc(Cl)c(Cl)c1. The molecule has 1 fully saturated rings. The standard InChI is InChI=1S/C16H22Cl2N2O/c1-3-20(4-2)16(21)12-7-6-11(12)15(19)10-5-8-13(17)14(18)9-10/h5,8-9,11-12,15H,3-4,6-7,19H2,1-2H3. The van der Waals surface area contributed by atoms with Gasteiger partial charge in [-0.1, -0.05) is 29.3 Å². The lowest BCUT2D eigenvalue weighted by Gasteiger charge is -2.41. The molecule has 0 heterocycles. The number of nitrogens with two attached hydrogens (primary N) is 1. The number of hydrogen-bond acceptors (Lipinski definition) is 2. The molecule has 21 heavy (non-hydrogen) atoms. The van der Waals surface area contributed by atoms with Crippen LogP contribution >= 0.6 is 23.2 Å². The molecule has 3 atom stereocenters. The highest BCUT2D eigenvalue weighted by molar-refractivity contribution is 6.42. The molecule has 1 aliphatic rings. The minimum Gasteiger partial charge on any atom is -0.343 e. The predicted octanol–water partition coefficient (Wildman–Crippen LogP) is 3.89. The van der Waals surface area contributed by atoms with Gasteiger partial charge < -0.3 is 10.6 Å². The van der Waals surface area contributed by atoms with Gasteiger partial charge in [-0.05, 0) is 50.3 Å². The lowest BCUT2D eigenvalue weighted by molar-refractivity contribution is -0.141. The summed E-state index contributed by atoms with van der Waals surface area (Å²) in [7, 11) is 0. The van der Waals surface area contributed by atoms with Crippen LogP contribution < -0.4 is 5.73 Å². The van der Waals surface area contributed by atoms with Crippen molar-refractivity contribution >= 4 is 29.1 Å². The Morgan fingerprint density at radius 3 is 2.43 bits per heavy atom. The maximum absolute atomic E-state index is 12.5. The molecule has 0 aromatic heterocycles. The van der Waals surface area contributed by atoms with E-state index in [1.807, 2.05) is 30.9 Å². The van der Waals surface area contributed by atoms with E-state index in [-0.39, 0.29) is 23.8 Å². The van der Waals surface area contributed by atoms with E-state index in [0.717, 1.165) is 31.5 Å². The zero-order valence-electron chi connectivity index (χ0n) is 12.5. The monoisotopic (exact) mass is 328 g/mol. The van der Waals surface area contributed by atoms with Gasteiger partial charge in [-0.3, -0.25) is 4.79 Å². The summed E-state index contributed by atoms with van der Waals surface area (Å²) in [5, 5.41) is 1.03. The van der Waals surface area contributed by atoms with Crippen molar-refractivity contribution < 1.29 is 4.79 Å². The Bertz CT molecular complexity index is 517. The molecule has 0 radical (unpaired) electrons. The van der Waals surface area contributed by atoms with E-state index in [0.29, 0.717) is 10.0 Å². The molecular formula is C16H22Cl2N2O. The zero-order valence-corrected chi connectivity index (χ0v) is 14.0. The fourth-order valence-electron chi connectivity index (χ4n) is 3.00. The lowest BCUT2D eigenvalue weighted by atomic mass is 9.67. The van der Waals surface area contributed by atoms with Crippen LogP contribution in [-0.4, -0.2) is 23.9 Å². The minimum atomic E-state index is -0.168. The summed E-state index contributed by atoms with van der Waals surface area (Å²) in [6.45, 7) is 5.52. The first-order valence-electron chi connectivity index (χ1n) is 7.48. The van der Waals surface area contributed by atoms with E-state index in [1.54, 1.807) is 6.07 Å². The number of rotatable bonds is 5. The molecular weight excluding hydrogens is 307 g/mol. The van der Waals surface area contributed by atoms with Gasteiger partial charge in [-0.2, -0.15) is 0 Å². The van der Waals surface area contributed by atoms with Crippen molar-refractivity contribution in [2.45, 2.75) is 32.7 Å². The molecule has 0 saturated heterocycles. The largest absolute Gasteiger partial charge is 0.343 e. The van der Waals surface area contributed by atoms with Gasteiger partial charge >= 0.3 is 0 Å². The van der Waals surface area contributed by atoms with E-state index in [4.69, 9.17) is 28.9 Å². The second kappa shape index (κ2) is 6.99. The summed E-state index contributed by atoms with van der Waals surface area (Å²) in [5.41, 5.74) is 7.31. The van der Waals surface area contributed by atoms with Gasteiger partial charge in [0.1, 0.15) is 0 Å². The van der Waals surface area contributed by atoms with Crippen LogP contribution in [0.2, 0.25) is 10.0 Å². The minimum absolute atomic E-state index is 0.0364. The normalized spacial score (nSPS) is 22.5. The molecule has 1 amide bonds. The summed E-state index contributed by atoms with van der Waals surface area (Å²) in [4.78, 5) is 14.4. The summed E-state index contributed by atoms with van der Waals surface area (Å²) < 4.78 is 0. The van der Waals surface area contributed by atoms with E-state index >= 15 is 0 Å². The van der Waals surface area contributed by atoms with Crippen LogP contribution in [0.1, 0.15) is 38.3 Å². The van der Waals surface area contributed by atoms with Gasteiger partial charge in [0.25, 0.3) is 0 Å². The van der Waals surface area contributed by atoms with Crippen molar-refractivity contribution in [1.29, 1.82) is 0 Å². The van der Waals surface area contributed by atoms with Gasteiger partial charge in [0, 0.05) is 25.0 Å². The van der Waals surface area contributed by atoms with Crippen molar-refractivity contribution in [1.82, 2.24) is 4.90 Å². The van der Waals surface area contributed by atoms with Crippen LogP contribution in [0, 0.1) is 11.8 Å². The third-order valence-corrected chi connectivity index (χ3v) is 5.25. The average molecular weight is 329 g/mol. The highest BCUT2D eigenvalue weighted by atomic mass is 35.5. The molecule has 5 heteroatoms. The van der Waals surface area contributed by atoms with E-state index in [1.165, 1.54) is 0 Å². The Morgan fingerprint density at radius 2 is 1.95 bits per heavy atom. The van der Waals surface area contributed by atoms with Crippen molar-refractivity contribution in [3.8, 4) is 0 Å². The smallest absolute Gasteiger partial charge is 0.226 e. The molecule has 0 aliphatic heterocycles. The van der Waals surface area contributed by atoms with Crippen LogP contribution in [0.25, 0.3) is 0 Å². The maximum Gasteiger partial charge on any atom is 0.226 e. The van der Waals surface area contributed by atoms with Crippen molar-refractivity contribution in [3.63, 3.8) is 0 Å². The summed E-state index contributed by atoms with van der Waals surface area (Å²) in [6.07, 6.45) is 1.91. The van der Waals surface area contributed by atoms with Gasteiger partial charge in [0.2, 0.25) is 5.91 Å². The first-order valence-corrected chi connectivity index (χ1v) is 8.24. The van der Waals surface area contributed by atoms with Crippen LogP contribution in [0.4, 0.5) is 0 Å². The van der Waals surface area contributed by atoms with Crippen molar-refractivity contribution in [2.75, 3.05) is 13.1 Å². The van der Waals surface area contributed by atoms with Gasteiger partial charge in [-0.15, -0.1) is 0 Å². The molecule has 0 bridgehead atoms. The van der Waals surface area contributed by atoms with Crippen molar-refractivity contribution in [2.24, 2.45) is 17.6 Å². The molecule has 1 aromatic rings. The topological polar surface area (TPSA) is 46.3 Å². The van der Waals surface area contributed by atoms with Gasteiger partial charge in [0.15, 0.2) is 0 Å². The summed E-state index contributed by atoms with van der Waals surface area (Å²) >= 11 is 12.0. The number of carbonyl (C=O) groups is 1. The number of benzene rings is 1. The second-order valence-corrected chi connectivity index (χ2v) is 6.37. The van der Waals surface area contributed by atoms with Gasteiger partial charge in [-0.25, -0.2) is 0 Å². The molecule has 1 saturated carbocycles. The molecule has 116 valence electrons. The number of carbonyl (C=O) groups excluding carboxylic acids is 1. The Morgan fingerprint density at radius 1 is 1.29 bits per heavy atom. The Labute approximate surface area is 136 Å². The van der Waals surface area contributed by atoms with Crippen LogP contribution in [0.3, 0.4) is 0 Å². The van der Waals surface area contributed by atoms with Crippen LogP contribution in [0.5, 0.6) is 0 Å². The maximum atomic E-state index is 12.5. The Balaban J connectivity index is 2.11. The fourth-order valence-corrected chi connectivity index (χ4v) is 3.31. The third kappa shape index (κ3) is 3.36. The Hall–Kier alpha value is -0.770. The molecule has 3 unspecified atom stereocenters. The number of halogens is 2. The molecule has 1 aliphatic carbocycles. The average Bonchev–Trinajstić information content (AvgIpc) is 2.42. The molecule has 3 nitrogen and oxygen atoms in total. The highest BCUT2D eigenvalue weighted by Crippen LogP contribution is 2.43. The Kier molecular flexibility index (Phi) is 5.53. The van der Waals surface area contributed by atoms with Crippen LogP contribution in [0.15, 0.2) is 18.2 Å². The summed E-state index contributed by atoms with van der Waals surface area (Å²) in [5.74, 6) is 0.455. The highest BCUT2D eigenvalue weighted by Gasteiger charge is 2.41. The molecule has 2 N–H and O–H groups in total. The third-order valence-electron chi connectivity index (χ3n) is 4.51. The predicted molar refractivity (Wildman–Crippen MR) is 87.5 cm³/mol. The first kappa shape index (κ1) is 16.6. The molecule has 1 aromatic carbocycles. The number of nitrogens with zero attached hydrogens (tertiary/aromatic N) is 1.